The minimum atomic E-state index is -0.135. The predicted octanol–water partition coefficient (Wildman–Crippen LogP) is 3.44. The normalized spacial score (nSPS) is 19.3. The summed E-state index contributed by atoms with van der Waals surface area (Å²) in [6, 6.07) is 6.93. The molecular weight excluding hydrogens is 311 g/mol. The molecule has 23 heavy (non-hydrogen) atoms. The highest BCUT2D eigenvalue weighted by molar-refractivity contribution is 7.98. The Morgan fingerprint density at radius 2 is 2.17 bits per heavy atom. The van der Waals surface area contributed by atoms with Gasteiger partial charge in [0.1, 0.15) is 5.82 Å². The van der Waals surface area contributed by atoms with E-state index in [0.717, 1.165) is 37.1 Å². The zero-order chi connectivity index (χ0) is 16.5. The van der Waals surface area contributed by atoms with Crippen LogP contribution in [0.1, 0.15) is 37.7 Å². The van der Waals surface area contributed by atoms with Crippen LogP contribution in [0.5, 0.6) is 0 Å². The quantitative estimate of drug-likeness (QED) is 0.773. The summed E-state index contributed by atoms with van der Waals surface area (Å²) in [7, 11) is 2.04. The van der Waals surface area contributed by atoms with Gasteiger partial charge in [0, 0.05) is 12.3 Å². The molecule has 0 bridgehead atoms. The summed E-state index contributed by atoms with van der Waals surface area (Å²) in [5.41, 5.74) is 0.751. The molecule has 0 aromatic heterocycles. The standard InChI is InChI=1S/C18H27FN2OS/c1-21-12-6-2-3-10-17(21)18(22)20-11-7-13-23-14-15-8-4-5-9-16(15)19/h4-5,8-9,17H,2-3,6-7,10-14H2,1H3,(H,20,22)/t17-/m1/s1. The van der Waals surface area contributed by atoms with Gasteiger partial charge in [0.05, 0.1) is 6.04 Å². The van der Waals surface area contributed by atoms with Crippen molar-refractivity contribution < 1.29 is 9.18 Å². The van der Waals surface area contributed by atoms with Gasteiger partial charge >= 0.3 is 0 Å². The van der Waals surface area contributed by atoms with Crippen LogP contribution in [0.25, 0.3) is 0 Å². The number of rotatable bonds is 7. The fraction of sp³-hybridized carbons (Fsp3) is 0.611. The molecule has 1 amide bonds. The predicted molar refractivity (Wildman–Crippen MR) is 95.1 cm³/mol. The molecule has 0 radical (unpaired) electrons. The maximum absolute atomic E-state index is 13.5. The van der Waals surface area contributed by atoms with Crippen molar-refractivity contribution in [1.82, 2.24) is 10.2 Å². The van der Waals surface area contributed by atoms with Gasteiger partial charge < -0.3 is 5.32 Å². The van der Waals surface area contributed by atoms with E-state index in [1.807, 2.05) is 19.2 Å². The number of hydrogen-bond acceptors (Lipinski definition) is 3. The molecule has 0 saturated carbocycles. The van der Waals surface area contributed by atoms with E-state index < -0.39 is 0 Å². The zero-order valence-corrected chi connectivity index (χ0v) is 14.7. The first kappa shape index (κ1) is 18.3. The molecule has 2 rings (SSSR count). The molecule has 1 fully saturated rings. The van der Waals surface area contributed by atoms with E-state index >= 15 is 0 Å². The highest BCUT2D eigenvalue weighted by Crippen LogP contribution is 2.16. The lowest BCUT2D eigenvalue weighted by Gasteiger charge is -2.24. The average molecular weight is 338 g/mol. The first-order valence-electron chi connectivity index (χ1n) is 8.47. The second-order valence-corrected chi connectivity index (χ2v) is 7.24. The molecule has 1 aromatic rings. The Labute approximate surface area is 143 Å². The number of benzene rings is 1. The SMILES string of the molecule is CN1CCCCC[C@@H]1C(=O)NCCCSCc1ccccc1F. The Bertz CT molecular complexity index is 498. The van der Waals surface area contributed by atoms with Gasteiger partial charge in [0.15, 0.2) is 0 Å². The summed E-state index contributed by atoms with van der Waals surface area (Å²) in [6.45, 7) is 1.71. The number of nitrogens with zero attached hydrogens (tertiary/aromatic N) is 1. The van der Waals surface area contributed by atoms with Crippen LogP contribution in [0.3, 0.4) is 0 Å². The molecule has 5 heteroatoms. The molecule has 1 N–H and O–H groups in total. The molecule has 128 valence electrons. The van der Waals surface area contributed by atoms with Crippen molar-refractivity contribution in [2.24, 2.45) is 0 Å². The van der Waals surface area contributed by atoms with E-state index in [1.165, 1.54) is 18.9 Å². The van der Waals surface area contributed by atoms with Gasteiger partial charge in [-0.2, -0.15) is 11.8 Å². The molecule has 1 atom stereocenters. The van der Waals surface area contributed by atoms with Crippen LogP contribution >= 0.6 is 11.8 Å². The van der Waals surface area contributed by atoms with Crippen molar-refractivity contribution in [3.05, 3.63) is 35.6 Å². The van der Waals surface area contributed by atoms with E-state index in [4.69, 9.17) is 0 Å². The Morgan fingerprint density at radius 1 is 1.35 bits per heavy atom. The minimum Gasteiger partial charge on any atom is -0.355 e. The van der Waals surface area contributed by atoms with Gasteiger partial charge in [-0.05, 0) is 50.2 Å². The van der Waals surface area contributed by atoms with E-state index in [9.17, 15) is 9.18 Å². The summed E-state index contributed by atoms with van der Waals surface area (Å²) in [6.07, 6.45) is 5.43. The summed E-state index contributed by atoms with van der Waals surface area (Å²) in [5, 5.41) is 3.05. The molecule has 1 aliphatic rings. The Hall–Kier alpha value is -1.07. The second kappa shape index (κ2) is 9.93. The van der Waals surface area contributed by atoms with E-state index in [2.05, 4.69) is 10.2 Å². The Balaban J connectivity index is 1.59. The number of carbonyl (C=O) groups is 1. The van der Waals surface area contributed by atoms with Gasteiger partial charge in [-0.15, -0.1) is 0 Å². The average Bonchev–Trinajstić information content (AvgIpc) is 2.76. The van der Waals surface area contributed by atoms with Crippen LogP contribution in [0, 0.1) is 5.82 Å². The van der Waals surface area contributed by atoms with E-state index in [1.54, 1.807) is 17.8 Å². The lowest BCUT2D eigenvalue weighted by Crippen LogP contribution is -2.45. The minimum absolute atomic E-state index is 0.0311. The molecule has 1 saturated heterocycles. The van der Waals surface area contributed by atoms with Crippen LogP contribution in [0.2, 0.25) is 0 Å². The number of nitrogens with one attached hydrogen (secondary N) is 1. The third-order valence-corrected chi connectivity index (χ3v) is 5.40. The number of thioether (sulfide) groups is 1. The number of carbonyl (C=O) groups excluding carboxylic acids is 1. The van der Waals surface area contributed by atoms with Gasteiger partial charge in [-0.1, -0.05) is 31.0 Å². The van der Waals surface area contributed by atoms with Crippen LogP contribution < -0.4 is 5.32 Å². The fourth-order valence-corrected chi connectivity index (χ4v) is 3.83. The molecule has 1 aliphatic heterocycles. The summed E-state index contributed by atoms with van der Waals surface area (Å²) < 4.78 is 13.5. The maximum Gasteiger partial charge on any atom is 0.237 e. The Kier molecular flexibility index (Phi) is 7.89. The van der Waals surface area contributed by atoms with E-state index in [0.29, 0.717) is 12.3 Å². The smallest absolute Gasteiger partial charge is 0.237 e. The molecule has 1 heterocycles. The summed E-state index contributed by atoms with van der Waals surface area (Å²) in [5.74, 6) is 1.64. The van der Waals surface area contributed by atoms with Crippen molar-refractivity contribution in [3.63, 3.8) is 0 Å². The van der Waals surface area contributed by atoms with Gasteiger partial charge in [0.25, 0.3) is 0 Å². The molecule has 3 nitrogen and oxygen atoms in total. The topological polar surface area (TPSA) is 32.3 Å². The first-order valence-corrected chi connectivity index (χ1v) is 9.63. The van der Waals surface area contributed by atoms with Crippen LogP contribution in [-0.4, -0.2) is 42.7 Å². The molecular formula is C18H27FN2OS. The van der Waals surface area contributed by atoms with Crippen molar-refractivity contribution in [3.8, 4) is 0 Å². The van der Waals surface area contributed by atoms with Crippen LogP contribution in [-0.2, 0) is 10.5 Å². The molecule has 1 aromatic carbocycles. The number of halogens is 1. The van der Waals surface area contributed by atoms with Gasteiger partial charge in [-0.25, -0.2) is 4.39 Å². The van der Waals surface area contributed by atoms with Gasteiger partial charge in [0.2, 0.25) is 5.91 Å². The second-order valence-electron chi connectivity index (χ2n) is 6.13. The van der Waals surface area contributed by atoms with Crippen LogP contribution in [0.15, 0.2) is 24.3 Å². The van der Waals surface area contributed by atoms with Gasteiger partial charge in [-0.3, -0.25) is 9.69 Å². The highest BCUT2D eigenvalue weighted by Gasteiger charge is 2.23. The Morgan fingerprint density at radius 3 is 3.00 bits per heavy atom. The van der Waals surface area contributed by atoms with Crippen molar-refractivity contribution in [2.75, 3.05) is 25.9 Å². The number of likely N-dealkylation sites (N-methyl/N-ethyl adjacent to an activating group) is 1. The lowest BCUT2D eigenvalue weighted by molar-refractivity contribution is -0.126. The number of likely N-dealkylation sites (tertiary alicyclic amines) is 1. The fourth-order valence-electron chi connectivity index (χ4n) is 2.88. The summed E-state index contributed by atoms with van der Waals surface area (Å²) >= 11 is 1.71. The monoisotopic (exact) mass is 338 g/mol. The molecule has 0 unspecified atom stereocenters. The third kappa shape index (κ3) is 6.15. The van der Waals surface area contributed by atoms with Crippen molar-refractivity contribution in [2.45, 2.75) is 43.9 Å². The van der Waals surface area contributed by atoms with Crippen molar-refractivity contribution >= 4 is 17.7 Å². The molecule has 0 spiro atoms. The summed E-state index contributed by atoms with van der Waals surface area (Å²) in [4.78, 5) is 14.4. The van der Waals surface area contributed by atoms with E-state index in [-0.39, 0.29) is 17.8 Å². The van der Waals surface area contributed by atoms with Crippen molar-refractivity contribution in [1.29, 1.82) is 0 Å². The lowest BCUT2D eigenvalue weighted by atomic mass is 10.1. The van der Waals surface area contributed by atoms with Crippen LogP contribution in [0.4, 0.5) is 4.39 Å². The first-order chi connectivity index (χ1) is 11.2. The highest BCUT2D eigenvalue weighted by atomic mass is 32.2. The third-order valence-electron chi connectivity index (χ3n) is 4.30. The zero-order valence-electron chi connectivity index (χ0n) is 13.9. The molecule has 0 aliphatic carbocycles. The number of hydrogen-bond donors (Lipinski definition) is 1. The maximum atomic E-state index is 13.5. The largest absolute Gasteiger partial charge is 0.355 e. The number of amides is 1.